The summed E-state index contributed by atoms with van der Waals surface area (Å²) in [6, 6.07) is 15.7. The number of phenolic OH excluding ortho intramolecular Hbond substituents is 2. The first-order valence-electron chi connectivity index (χ1n) is 8.65. The van der Waals surface area contributed by atoms with Crippen LogP contribution in [-0.4, -0.2) is 33.9 Å². The van der Waals surface area contributed by atoms with Crippen molar-refractivity contribution in [2.24, 2.45) is 5.10 Å². The molecule has 29 heavy (non-hydrogen) atoms. The van der Waals surface area contributed by atoms with Crippen LogP contribution < -0.4 is 5.43 Å². The fraction of sp³-hybridized carbons (Fsp3) is 0. The number of nitrogens with zero attached hydrogens (tertiary/aromatic N) is 1. The predicted octanol–water partition coefficient (Wildman–Crippen LogP) is 2.64. The summed E-state index contributed by atoms with van der Waals surface area (Å²) in [5.74, 6) is -2.55. The van der Waals surface area contributed by atoms with E-state index in [2.05, 4.69) is 10.5 Å². The van der Waals surface area contributed by atoms with Crippen molar-refractivity contribution < 1.29 is 24.6 Å². The topological polar surface area (TPSA) is 116 Å². The number of ketones is 2. The maximum atomic E-state index is 12.8. The largest absolute Gasteiger partial charge is 0.507 e. The van der Waals surface area contributed by atoms with Gasteiger partial charge in [-0.2, -0.15) is 5.10 Å². The molecule has 0 radical (unpaired) electrons. The number of aromatic hydroxyl groups is 2. The molecule has 1 aliphatic rings. The number of carbonyl (C=O) groups is 3. The Bertz CT molecular complexity index is 1200. The Labute approximate surface area is 164 Å². The second-order valence-electron chi connectivity index (χ2n) is 6.35. The first-order chi connectivity index (χ1) is 14.0. The number of benzene rings is 3. The molecule has 0 spiro atoms. The van der Waals surface area contributed by atoms with E-state index in [0.717, 1.165) is 12.3 Å². The van der Waals surface area contributed by atoms with Crippen molar-refractivity contribution in [2.45, 2.75) is 0 Å². The van der Waals surface area contributed by atoms with Crippen LogP contribution in [-0.2, 0) is 0 Å². The number of fused-ring (bicyclic) bond motifs is 2. The average Bonchev–Trinajstić information content (AvgIpc) is 2.74. The van der Waals surface area contributed by atoms with Crippen molar-refractivity contribution in [1.82, 2.24) is 5.43 Å². The molecule has 4 rings (SSSR count). The summed E-state index contributed by atoms with van der Waals surface area (Å²) in [4.78, 5) is 37.5. The van der Waals surface area contributed by atoms with Gasteiger partial charge in [-0.3, -0.25) is 14.4 Å². The molecule has 7 heteroatoms. The van der Waals surface area contributed by atoms with Crippen LogP contribution in [0.15, 0.2) is 65.8 Å². The highest BCUT2D eigenvalue weighted by Gasteiger charge is 2.35. The summed E-state index contributed by atoms with van der Waals surface area (Å²) >= 11 is 0. The fourth-order valence-electron chi connectivity index (χ4n) is 3.19. The lowest BCUT2D eigenvalue weighted by molar-refractivity contribution is 0.0954. The molecule has 0 atom stereocenters. The normalized spacial score (nSPS) is 12.6. The van der Waals surface area contributed by atoms with Crippen LogP contribution in [0.25, 0.3) is 0 Å². The van der Waals surface area contributed by atoms with Crippen molar-refractivity contribution in [1.29, 1.82) is 0 Å². The number of amides is 1. The lowest BCUT2D eigenvalue weighted by Crippen LogP contribution is -2.22. The summed E-state index contributed by atoms with van der Waals surface area (Å²) in [6.45, 7) is 0. The van der Waals surface area contributed by atoms with Gasteiger partial charge in [0.15, 0.2) is 11.6 Å². The van der Waals surface area contributed by atoms with Crippen LogP contribution in [0.1, 0.15) is 47.8 Å². The zero-order valence-corrected chi connectivity index (χ0v) is 14.9. The molecule has 3 aromatic carbocycles. The van der Waals surface area contributed by atoms with Gasteiger partial charge in [0, 0.05) is 22.3 Å². The van der Waals surface area contributed by atoms with E-state index in [4.69, 9.17) is 0 Å². The van der Waals surface area contributed by atoms with E-state index in [-0.39, 0.29) is 27.8 Å². The molecule has 0 saturated carbocycles. The Hall–Kier alpha value is -4.26. The van der Waals surface area contributed by atoms with Crippen LogP contribution in [0, 0.1) is 0 Å². The van der Waals surface area contributed by atoms with Crippen molar-refractivity contribution in [2.75, 3.05) is 0 Å². The van der Waals surface area contributed by atoms with Crippen LogP contribution in [0.5, 0.6) is 11.5 Å². The Morgan fingerprint density at radius 2 is 1.45 bits per heavy atom. The number of hydrogen-bond donors (Lipinski definition) is 3. The molecule has 0 aromatic heterocycles. The van der Waals surface area contributed by atoms with Gasteiger partial charge < -0.3 is 10.2 Å². The summed E-state index contributed by atoms with van der Waals surface area (Å²) in [7, 11) is 0. The van der Waals surface area contributed by atoms with E-state index in [1.807, 2.05) is 0 Å². The lowest BCUT2D eigenvalue weighted by Gasteiger charge is -2.20. The monoisotopic (exact) mass is 386 g/mol. The average molecular weight is 386 g/mol. The van der Waals surface area contributed by atoms with Gasteiger partial charge in [-0.25, -0.2) is 5.43 Å². The Morgan fingerprint density at radius 1 is 0.862 bits per heavy atom. The Balaban J connectivity index is 1.69. The van der Waals surface area contributed by atoms with E-state index >= 15 is 0 Å². The third-order valence-electron chi connectivity index (χ3n) is 4.58. The fourth-order valence-corrected chi connectivity index (χ4v) is 3.19. The SMILES string of the molecule is O=C(N/N=C/c1cc(O)c2c(c1O)C(=O)c1ccccc1C2=O)c1ccccc1. The van der Waals surface area contributed by atoms with Crippen LogP contribution in [0.4, 0.5) is 0 Å². The molecule has 3 aromatic rings. The standard InChI is InChI=1S/C22H14N2O5/c25-16-10-13(11-23-24-22(29)12-6-2-1-3-7-12)19(26)18-17(16)20(27)14-8-4-5-9-15(14)21(18)28/h1-11,25-26H,(H,24,29)/b23-11+. The summed E-state index contributed by atoms with van der Waals surface area (Å²) < 4.78 is 0. The summed E-state index contributed by atoms with van der Waals surface area (Å²) in [6.07, 6.45) is 1.09. The highest BCUT2D eigenvalue weighted by atomic mass is 16.3. The summed E-state index contributed by atoms with van der Waals surface area (Å²) in [5.41, 5.74) is 2.43. The molecule has 142 valence electrons. The van der Waals surface area contributed by atoms with Gasteiger partial charge in [0.05, 0.1) is 17.3 Å². The minimum Gasteiger partial charge on any atom is -0.507 e. The molecule has 0 heterocycles. The Kier molecular flexibility index (Phi) is 4.40. The van der Waals surface area contributed by atoms with Crippen molar-refractivity contribution >= 4 is 23.7 Å². The number of phenols is 2. The molecular weight excluding hydrogens is 372 g/mol. The van der Waals surface area contributed by atoms with E-state index in [1.165, 1.54) is 12.1 Å². The van der Waals surface area contributed by atoms with Crippen molar-refractivity contribution in [3.63, 3.8) is 0 Å². The second-order valence-corrected chi connectivity index (χ2v) is 6.35. The van der Waals surface area contributed by atoms with E-state index in [9.17, 15) is 24.6 Å². The quantitative estimate of drug-likeness (QED) is 0.284. The van der Waals surface area contributed by atoms with Crippen LogP contribution in [0.3, 0.4) is 0 Å². The predicted molar refractivity (Wildman–Crippen MR) is 105 cm³/mol. The minimum absolute atomic E-state index is 0.0184. The van der Waals surface area contributed by atoms with Gasteiger partial charge in [0.25, 0.3) is 5.91 Å². The Morgan fingerprint density at radius 3 is 2.10 bits per heavy atom. The number of nitrogens with one attached hydrogen (secondary N) is 1. The highest BCUT2D eigenvalue weighted by molar-refractivity contribution is 6.30. The maximum Gasteiger partial charge on any atom is 0.271 e. The number of rotatable bonds is 3. The molecule has 0 saturated heterocycles. The minimum atomic E-state index is -0.577. The van der Waals surface area contributed by atoms with Crippen molar-refractivity contribution in [3.05, 3.63) is 94.0 Å². The van der Waals surface area contributed by atoms with Crippen LogP contribution in [0.2, 0.25) is 0 Å². The zero-order valence-electron chi connectivity index (χ0n) is 14.9. The molecule has 7 nitrogen and oxygen atoms in total. The third kappa shape index (κ3) is 3.04. The van der Waals surface area contributed by atoms with E-state index < -0.39 is 29.0 Å². The first kappa shape index (κ1) is 18.1. The smallest absolute Gasteiger partial charge is 0.271 e. The number of carbonyl (C=O) groups excluding carboxylic acids is 3. The molecule has 0 bridgehead atoms. The van der Waals surface area contributed by atoms with Gasteiger partial charge in [-0.05, 0) is 18.2 Å². The first-order valence-corrected chi connectivity index (χ1v) is 8.65. The molecule has 1 aliphatic carbocycles. The maximum absolute atomic E-state index is 12.8. The van der Waals surface area contributed by atoms with Gasteiger partial charge >= 0.3 is 0 Å². The molecule has 1 amide bonds. The van der Waals surface area contributed by atoms with E-state index in [1.54, 1.807) is 42.5 Å². The lowest BCUT2D eigenvalue weighted by atomic mass is 9.82. The summed E-state index contributed by atoms with van der Waals surface area (Å²) in [5, 5.41) is 24.7. The molecule has 0 fully saturated rings. The van der Waals surface area contributed by atoms with Gasteiger partial charge in [0.2, 0.25) is 0 Å². The molecule has 0 unspecified atom stereocenters. The second kappa shape index (κ2) is 7.05. The third-order valence-corrected chi connectivity index (χ3v) is 4.58. The van der Waals surface area contributed by atoms with Gasteiger partial charge in [-0.15, -0.1) is 0 Å². The molecule has 0 aliphatic heterocycles. The van der Waals surface area contributed by atoms with Gasteiger partial charge in [0.1, 0.15) is 11.5 Å². The molecule has 3 N–H and O–H groups in total. The number of hydrogen-bond acceptors (Lipinski definition) is 6. The van der Waals surface area contributed by atoms with Gasteiger partial charge in [-0.1, -0.05) is 42.5 Å². The van der Waals surface area contributed by atoms with Crippen molar-refractivity contribution in [3.8, 4) is 11.5 Å². The van der Waals surface area contributed by atoms with E-state index in [0.29, 0.717) is 5.56 Å². The van der Waals surface area contributed by atoms with Crippen LogP contribution >= 0.6 is 0 Å². The number of hydrazone groups is 1. The molecular formula is C22H14N2O5. The zero-order chi connectivity index (χ0) is 20.5. The highest BCUT2D eigenvalue weighted by Crippen LogP contribution is 2.39.